The number of carbonyl (C=O) groups excluding carboxylic acids is 2. The zero-order valence-corrected chi connectivity index (χ0v) is 9.13. The Labute approximate surface area is 93.5 Å². The predicted molar refractivity (Wildman–Crippen MR) is 57.5 cm³/mol. The van der Waals surface area contributed by atoms with E-state index in [4.69, 9.17) is 0 Å². The number of hydrogen-bond acceptors (Lipinski definition) is 2. The molecule has 1 aromatic rings. The molecule has 0 N–H and O–H groups in total. The van der Waals surface area contributed by atoms with E-state index in [2.05, 4.69) is 0 Å². The molecule has 0 aromatic heterocycles. The van der Waals surface area contributed by atoms with Crippen LogP contribution in [0.25, 0.3) is 0 Å². The highest BCUT2D eigenvalue weighted by Gasteiger charge is 2.44. The molecule has 2 rings (SSSR count). The quantitative estimate of drug-likeness (QED) is 0.717. The van der Waals surface area contributed by atoms with Crippen molar-refractivity contribution < 1.29 is 14.0 Å². The SMILES string of the molecule is CC1(Cc2cccc(F)c2)C(=O)CCC1=O. The Balaban J connectivity index is 2.27. The highest BCUT2D eigenvalue weighted by Crippen LogP contribution is 2.34. The van der Waals surface area contributed by atoms with Gasteiger partial charge in [0.1, 0.15) is 17.4 Å². The summed E-state index contributed by atoms with van der Waals surface area (Å²) in [6.07, 6.45) is 0.956. The minimum atomic E-state index is -0.937. The van der Waals surface area contributed by atoms with Gasteiger partial charge in [-0.2, -0.15) is 0 Å². The summed E-state index contributed by atoms with van der Waals surface area (Å²) >= 11 is 0. The van der Waals surface area contributed by atoms with Crippen molar-refractivity contribution in [1.82, 2.24) is 0 Å². The first kappa shape index (κ1) is 11.0. The third-order valence-corrected chi connectivity index (χ3v) is 3.26. The van der Waals surface area contributed by atoms with Crippen molar-refractivity contribution in [3.8, 4) is 0 Å². The Morgan fingerprint density at radius 3 is 2.44 bits per heavy atom. The molecule has 0 saturated heterocycles. The van der Waals surface area contributed by atoms with Gasteiger partial charge in [0.25, 0.3) is 0 Å². The molecule has 0 bridgehead atoms. The van der Waals surface area contributed by atoms with E-state index in [0.717, 1.165) is 0 Å². The van der Waals surface area contributed by atoms with Crippen LogP contribution in [-0.4, -0.2) is 11.6 Å². The molecule has 0 radical (unpaired) electrons. The molecule has 84 valence electrons. The normalized spacial score (nSPS) is 19.1. The lowest BCUT2D eigenvalue weighted by molar-refractivity contribution is -0.133. The lowest BCUT2D eigenvalue weighted by atomic mass is 9.80. The predicted octanol–water partition coefficient (Wildman–Crippen LogP) is 2.31. The van der Waals surface area contributed by atoms with Crippen molar-refractivity contribution in [2.24, 2.45) is 5.41 Å². The fourth-order valence-corrected chi connectivity index (χ4v) is 2.19. The van der Waals surface area contributed by atoms with Crippen molar-refractivity contribution in [1.29, 1.82) is 0 Å². The van der Waals surface area contributed by atoms with Crippen molar-refractivity contribution >= 4 is 11.6 Å². The third-order valence-electron chi connectivity index (χ3n) is 3.26. The van der Waals surface area contributed by atoms with Gasteiger partial charge in [0.15, 0.2) is 0 Å². The minimum Gasteiger partial charge on any atom is -0.299 e. The number of hydrogen-bond donors (Lipinski definition) is 0. The summed E-state index contributed by atoms with van der Waals surface area (Å²) < 4.78 is 13.0. The van der Waals surface area contributed by atoms with E-state index in [0.29, 0.717) is 24.8 Å². The zero-order chi connectivity index (χ0) is 11.8. The number of rotatable bonds is 2. The highest BCUT2D eigenvalue weighted by molar-refractivity contribution is 6.12. The van der Waals surface area contributed by atoms with Gasteiger partial charge >= 0.3 is 0 Å². The third kappa shape index (κ3) is 1.77. The van der Waals surface area contributed by atoms with Crippen LogP contribution in [0.5, 0.6) is 0 Å². The van der Waals surface area contributed by atoms with E-state index in [1.54, 1.807) is 19.1 Å². The van der Waals surface area contributed by atoms with Crippen molar-refractivity contribution in [3.05, 3.63) is 35.6 Å². The standard InChI is InChI=1S/C13H13FO2/c1-13(11(15)5-6-12(13)16)8-9-3-2-4-10(14)7-9/h2-4,7H,5-6,8H2,1H3. The molecule has 1 aliphatic carbocycles. The Hall–Kier alpha value is -1.51. The topological polar surface area (TPSA) is 34.1 Å². The van der Waals surface area contributed by atoms with E-state index in [9.17, 15) is 14.0 Å². The summed E-state index contributed by atoms with van der Waals surface area (Å²) in [4.78, 5) is 23.4. The second-order valence-corrected chi connectivity index (χ2v) is 4.49. The molecule has 1 aromatic carbocycles. The first-order valence-corrected chi connectivity index (χ1v) is 5.33. The van der Waals surface area contributed by atoms with Crippen LogP contribution in [0, 0.1) is 11.2 Å². The summed E-state index contributed by atoms with van der Waals surface area (Å²) in [5.74, 6) is -0.387. The monoisotopic (exact) mass is 220 g/mol. The maximum absolute atomic E-state index is 13.0. The molecule has 1 saturated carbocycles. The second-order valence-electron chi connectivity index (χ2n) is 4.49. The van der Waals surface area contributed by atoms with Crippen molar-refractivity contribution in [2.45, 2.75) is 26.2 Å². The van der Waals surface area contributed by atoms with Crippen LogP contribution >= 0.6 is 0 Å². The molecule has 0 amide bonds. The van der Waals surface area contributed by atoms with Gasteiger partial charge in [-0.05, 0) is 31.0 Å². The Bertz CT molecular complexity index is 435. The first-order chi connectivity index (χ1) is 7.52. The minimum absolute atomic E-state index is 0.0261. The van der Waals surface area contributed by atoms with E-state index < -0.39 is 5.41 Å². The van der Waals surface area contributed by atoms with Crippen LogP contribution in [0.2, 0.25) is 0 Å². The van der Waals surface area contributed by atoms with Crippen molar-refractivity contribution in [2.75, 3.05) is 0 Å². The zero-order valence-electron chi connectivity index (χ0n) is 9.13. The van der Waals surface area contributed by atoms with E-state index in [1.165, 1.54) is 12.1 Å². The fraction of sp³-hybridized carbons (Fsp3) is 0.385. The van der Waals surface area contributed by atoms with Crippen LogP contribution in [0.4, 0.5) is 4.39 Å². The van der Waals surface area contributed by atoms with Crippen LogP contribution in [0.3, 0.4) is 0 Å². The molecule has 0 aliphatic heterocycles. The van der Waals surface area contributed by atoms with Gasteiger partial charge in [-0.25, -0.2) is 4.39 Å². The van der Waals surface area contributed by atoms with E-state index in [1.807, 2.05) is 0 Å². The molecular weight excluding hydrogens is 207 g/mol. The van der Waals surface area contributed by atoms with Crippen LogP contribution in [-0.2, 0) is 16.0 Å². The lowest BCUT2D eigenvalue weighted by Gasteiger charge is -2.20. The highest BCUT2D eigenvalue weighted by atomic mass is 19.1. The first-order valence-electron chi connectivity index (χ1n) is 5.33. The summed E-state index contributed by atoms with van der Waals surface area (Å²) in [5.41, 5.74) is -0.237. The Morgan fingerprint density at radius 1 is 1.25 bits per heavy atom. The maximum Gasteiger partial charge on any atom is 0.146 e. The maximum atomic E-state index is 13.0. The molecule has 3 heteroatoms. The summed E-state index contributed by atoms with van der Waals surface area (Å²) in [6, 6.07) is 6.07. The largest absolute Gasteiger partial charge is 0.299 e. The van der Waals surface area contributed by atoms with Gasteiger partial charge in [-0.3, -0.25) is 9.59 Å². The number of ketones is 2. The summed E-state index contributed by atoms with van der Waals surface area (Å²) in [6.45, 7) is 1.66. The van der Waals surface area contributed by atoms with Gasteiger partial charge in [-0.1, -0.05) is 12.1 Å². The number of halogens is 1. The lowest BCUT2D eigenvalue weighted by Crippen LogP contribution is -2.31. The molecule has 0 unspecified atom stereocenters. The Kier molecular flexibility index (Phi) is 2.62. The van der Waals surface area contributed by atoms with Gasteiger partial charge in [0, 0.05) is 12.8 Å². The number of Topliss-reactive ketones (excluding diaryl/α,β-unsaturated/α-hetero) is 2. The second kappa shape index (κ2) is 3.81. The summed E-state index contributed by atoms with van der Waals surface area (Å²) in [5, 5.41) is 0. The molecule has 16 heavy (non-hydrogen) atoms. The smallest absolute Gasteiger partial charge is 0.146 e. The van der Waals surface area contributed by atoms with Gasteiger partial charge in [0.05, 0.1) is 5.41 Å². The number of carbonyl (C=O) groups is 2. The molecule has 1 fully saturated rings. The van der Waals surface area contributed by atoms with Crippen LogP contribution in [0.1, 0.15) is 25.3 Å². The Morgan fingerprint density at radius 2 is 1.88 bits per heavy atom. The molecule has 0 spiro atoms. The number of benzene rings is 1. The molecule has 0 atom stereocenters. The van der Waals surface area contributed by atoms with E-state index in [-0.39, 0.29) is 17.4 Å². The fourth-order valence-electron chi connectivity index (χ4n) is 2.19. The van der Waals surface area contributed by atoms with Crippen LogP contribution in [0.15, 0.2) is 24.3 Å². The molecule has 2 nitrogen and oxygen atoms in total. The van der Waals surface area contributed by atoms with Crippen molar-refractivity contribution in [3.63, 3.8) is 0 Å². The average Bonchev–Trinajstić information content (AvgIpc) is 2.46. The van der Waals surface area contributed by atoms with Gasteiger partial charge in [0.2, 0.25) is 0 Å². The van der Waals surface area contributed by atoms with Gasteiger partial charge < -0.3 is 0 Å². The van der Waals surface area contributed by atoms with Gasteiger partial charge in [-0.15, -0.1) is 0 Å². The van der Waals surface area contributed by atoms with Crippen LogP contribution < -0.4 is 0 Å². The molecule has 1 aliphatic rings. The molecular formula is C13H13FO2. The molecule has 0 heterocycles. The average molecular weight is 220 g/mol. The van der Waals surface area contributed by atoms with E-state index >= 15 is 0 Å². The summed E-state index contributed by atoms with van der Waals surface area (Å²) in [7, 11) is 0.